The Morgan fingerprint density at radius 1 is 1.09 bits per heavy atom. The van der Waals surface area contributed by atoms with Crippen LogP contribution in [0.5, 0.6) is 11.5 Å². The fourth-order valence-corrected chi connectivity index (χ4v) is 5.13. The normalized spacial score (nSPS) is 29.9. The lowest BCUT2D eigenvalue weighted by Gasteiger charge is -2.48. The highest BCUT2D eigenvalue weighted by molar-refractivity contribution is 5.89. The Morgan fingerprint density at radius 2 is 1.74 bits per heavy atom. The minimum atomic E-state index is -2.36. The average molecular weight is 457 g/mol. The van der Waals surface area contributed by atoms with E-state index in [1.54, 1.807) is 37.3 Å². The van der Waals surface area contributed by atoms with E-state index in [2.05, 4.69) is 0 Å². The SMILES string of the molecule is CC1C2(c3ccccc3)OC(=N)C1(C#N)C(C#N)(C#N)C(c1cc3c(cc1[N+](=O)[O-])OCO3)O2. The molecule has 0 spiro atoms. The van der Waals surface area contributed by atoms with Crippen molar-refractivity contribution in [1.29, 1.82) is 21.2 Å². The second-order valence-electron chi connectivity index (χ2n) is 8.16. The number of nitriles is 3. The Morgan fingerprint density at radius 3 is 2.32 bits per heavy atom. The van der Waals surface area contributed by atoms with E-state index in [9.17, 15) is 25.9 Å². The van der Waals surface area contributed by atoms with Crippen LogP contribution in [0.4, 0.5) is 5.69 Å². The molecule has 168 valence electrons. The summed E-state index contributed by atoms with van der Waals surface area (Å²) >= 11 is 0. The molecule has 11 heteroatoms. The third-order valence-corrected chi connectivity index (χ3v) is 6.85. The highest BCUT2D eigenvalue weighted by Crippen LogP contribution is 2.69. The first-order valence-corrected chi connectivity index (χ1v) is 10.1. The molecule has 3 aliphatic heterocycles. The smallest absolute Gasteiger partial charge is 0.279 e. The molecule has 4 unspecified atom stereocenters. The molecule has 3 heterocycles. The van der Waals surface area contributed by atoms with E-state index in [-0.39, 0.29) is 23.9 Å². The summed E-state index contributed by atoms with van der Waals surface area (Å²) in [7, 11) is 0. The molecule has 2 fully saturated rings. The quantitative estimate of drug-likeness (QED) is 0.534. The molecule has 2 saturated heterocycles. The maximum absolute atomic E-state index is 12.0. The fraction of sp³-hybridized carbons (Fsp3) is 0.304. The molecular weight excluding hydrogens is 442 g/mol. The first-order valence-electron chi connectivity index (χ1n) is 10.1. The first kappa shape index (κ1) is 21.2. The van der Waals surface area contributed by atoms with Crippen molar-refractivity contribution in [2.24, 2.45) is 16.7 Å². The maximum Gasteiger partial charge on any atom is 0.279 e. The lowest BCUT2D eigenvalue weighted by Crippen LogP contribution is -2.57. The molecule has 4 atom stereocenters. The van der Waals surface area contributed by atoms with Crippen molar-refractivity contribution in [1.82, 2.24) is 0 Å². The van der Waals surface area contributed by atoms with Crippen LogP contribution in [0.25, 0.3) is 0 Å². The molecule has 0 radical (unpaired) electrons. The number of benzene rings is 2. The Balaban J connectivity index is 1.85. The summed E-state index contributed by atoms with van der Waals surface area (Å²) in [6, 6.07) is 16.6. The Bertz CT molecular complexity index is 1360. The van der Waals surface area contributed by atoms with Gasteiger partial charge in [-0.2, -0.15) is 15.8 Å². The molecule has 5 rings (SSSR count). The Kier molecular flexibility index (Phi) is 4.31. The van der Waals surface area contributed by atoms with E-state index < -0.39 is 45.1 Å². The minimum absolute atomic E-state index is 0.124. The standard InChI is InChI=1S/C23H15N5O6/c1-13-22(11-26)20(27)34-23(13,14-5-3-2-4-6-14)33-19(21(22,9-24)10-25)15-7-17-18(32-12-31-17)8-16(15)28(29)30/h2-8,13,19,27H,12H2,1H3. The highest BCUT2D eigenvalue weighted by Gasteiger charge is 2.80. The van der Waals surface area contributed by atoms with Gasteiger partial charge in [0.05, 0.1) is 40.7 Å². The maximum atomic E-state index is 12.0. The zero-order chi connectivity index (χ0) is 24.3. The van der Waals surface area contributed by atoms with Crippen molar-refractivity contribution in [3.63, 3.8) is 0 Å². The van der Waals surface area contributed by atoms with Gasteiger partial charge in [0.1, 0.15) is 6.10 Å². The zero-order valence-electron chi connectivity index (χ0n) is 17.6. The van der Waals surface area contributed by atoms with Gasteiger partial charge in [0.2, 0.25) is 23.9 Å². The number of ether oxygens (including phenoxy) is 4. The highest BCUT2D eigenvalue weighted by atomic mass is 16.7. The van der Waals surface area contributed by atoms with Crippen LogP contribution in [0.3, 0.4) is 0 Å². The topological polar surface area (TPSA) is 175 Å². The van der Waals surface area contributed by atoms with Crippen LogP contribution >= 0.6 is 0 Å². The van der Waals surface area contributed by atoms with Crippen LogP contribution in [0.2, 0.25) is 0 Å². The summed E-state index contributed by atoms with van der Waals surface area (Å²) in [5.41, 5.74) is -4.66. The van der Waals surface area contributed by atoms with Gasteiger partial charge in [-0.1, -0.05) is 37.3 Å². The molecule has 2 aromatic carbocycles. The molecule has 0 saturated carbocycles. The van der Waals surface area contributed by atoms with Gasteiger partial charge in [-0.3, -0.25) is 15.5 Å². The second kappa shape index (κ2) is 6.92. The van der Waals surface area contributed by atoms with E-state index in [4.69, 9.17) is 24.4 Å². The molecule has 2 bridgehead atoms. The number of hydrogen-bond donors (Lipinski definition) is 1. The van der Waals surface area contributed by atoms with Crippen LogP contribution < -0.4 is 9.47 Å². The van der Waals surface area contributed by atoms with Gasteiger partial charge in [0.15, 0.2) is 16.9 Å². The molecule has 1 N–H and O–H groups in total. The van der Waals surface area contributed by atoms with Crippen LogP contribution in [0.1, 0.15) is 24.2 Å². The number of nitro benzene ring substituents is 1. The van der Waals surface area contributed by atoms with Gasteiger partial charge in [-0.15, -0.1) is 0 Å². The number of nitro groups is 1. The molecule has 11 nitrogen and oxygen atoms in total. The summed E-state index contributed by atoms with van der Waals surface area (Å²) in [5.74, 6) is -3.06. The van der Waals surface area contributed by atoms with Crippen LogP contribution in [-0.2, 0) is 15.3 Å². The summed E-state index contributed by atoms with van der Waals surface area (Å²) < 4.78 is 22.8. The number of fused-ring (bicyclic) bond motifs is 3. The number of hydrogen-bond acceptors (Lipinski definition) is 10. The van der Waals surface area contributed by atoms with Gasteiger partial charge in [0, 0.05) is 5.56 Å². The van der Waals surface area contributed by atoms with Crippen LogP contribution in [-0.4, -0.2) is 17.6 Å². The van der Waals surface area contributed by atoms with Crippen molar-refractivity contribution in [3.8, 4) is 29.7 Å². The summed E-state index contributed by atoms with van der Waals surface area (Å²) in [6.07, 6.45) is -1.64. The number of nitrogens with zero attached hydrogens (tertiary/aromatic N) is 4. The van der Waals surface area contributed by atoms with Crippen LogP contribution in [0, 0.1) is 66.3 Å². The van der Waals surface area contributed by atoms with Crippen molar-refractivity contribution in [3.05, 3.63) is 63.7 Å². The molecule has 0 amide bonds. The summed E-state index contributed by atoms with van der Waals surface area (Å²) in [5, 5.41) is 51.6. The van der Waals surface area contributed by atoms with E-state index >= 15 is 0 Å². The molecule has 2 aromatic rings. The van der Waals surface area contributed by atoms with Gasteiger partial charge in [0.25, 0.3) is 5.69 Å². The molecule has 34 heavy (non-hydrogen) atoms. The number of nitrogens with one attached hydrogen (secondary N) is 1. The van der Waals surface area contributed by atoms with E-state index in [1.807, 2.05) is 18.2 Å². The number of rotatable bonds is 3. The van der Waals surface area contributed by atoms with Crippen LogP contribution in [0.15, 0.2) is 42.5 Å². The average Bonchev–Trinajstić information content (AvgIpc) is 3.37. The lowest BCUT2D eigenvalue weighted by atomic mass is 9.53. The van der Waals surface area contributed by atoms with Crippen molar-refractivity contribution in [2.75, 3.05) is 6.79 Å². The predicted octanol–water partition coefficient (Wildman–Crippen LogP) is 3.43. The third kappa shape index (κ3) is 2.27. The molecule has 0 aliphatic carbocycles. The van der Waals surface area contributed by atoms with Crippen molar-refractivity contribution < 1.29 is 23.9 Å². The van der Waals surface area contributed by atoms with Gasteiger partial charge in [-0.25, -0.2) is 0 Å². The molecular formula is C23H15N5O6. The van der Waals surface area contributed by atoms with Crippen molar-refractivity contribution >= 4 is 11.6 Å². The predicted molar refractivity (Wildman–Crippen MR) is 111 cm³/mol. The first-order chi connectivity index (χ1) is 16.3. The summed E-state index contributed by atoms with van der Waals surface area (Å²) in [6.45, 7) is 1.40. The van der Waals surface area contributed by atoms with E-state index in [0.29, 0.717) is 5.56 Å². The zero-order valence-corrected chi connectivity index (χ0v) is 17.6. The van der Waals surface area contributed by atoms with E-state index in [0.717, 1.165) is 6.07 Å². The summed E-state index contributed by atoms with van der Waals surface area (Å²) in [4.78, 5) is 11.3. The molecule has 3 aliphatic rings. The van der Waals surface area contributed by atoms with Gasteiger partial charge >= 0.3 is 0 Å². The van der Waals surface area contributed by atoms with Gasteiger partial charge < -0.3 is 18.9 Å². The Labute approximate surface area is 192 Å². The van der Waals surface area contributed by atoms with Gasteiger partial charge in [-0.05, 0) is 6.07 Å². The second-order valence-corrected chi connectivity index (χ2v) is 8.16. The lowest BCUT2D eigenvalue weighted by molar-refractivity contribution is -0.387. The monoisotopic (exact) mass is 457 g/mol. The largest absolute Gasteiger partial charge is 0.454 e. The minimum Gasteiger partial charge on any atom is -0.454 e. The van der Waals surface area contributed by atoms with Crippen molar-refractivity contribution in [2.45, 2.75) is 18.8 Å². The Hall–Kier alpha value is -4.66. The third-order valence-electron chi connectivity index (χ3n) is 6.85. The van der Waals surface area contributed by atoms with E-state index in [1.165, 1.54) is 6.07 Å². The fourth-order valence-electron chi connectivity index (χ4n) is 5.13. The molecule has 0 aromatic heterocycles.